The van der Waals surface area contributed by atoms with Crippen LogP contribution in [0, 0.1) is 5.92 Å². The SMILES string of the molecule is CCS(=O)(=O)Nc1ccc(C2NC(=S)N(C)C(C)=C2C(=O)OCC(C)C)cc1. The number of hydrogen-bond acceptors (Lipinski definition) is 5. The van der Waals surface area contributed by atoms with E-state index in [-0.39, 0.29) is 11.7 Å². The van der Waals surface area contributed by atoms with Gasteiger partial charge in [0.05, 0.1) is 24.0 Å². The first-order valence-electron chi connectivity index (χ1n) is 9.08. The standard InChI is InChI=1S/C19H27N3O4S2/c1-6-28(24,25)21-15-9-7-14(8-10-15)17-16(18(23)26-11-12(2)3)13(4)22(5)19(27)20-17/h7-10,12,17,21H,6,11H2,1-5H3,(H,20,27). The Morgan fingerprint density at radius 2 is 1.93 bits per heavy atom. The van der Waals surface area contributed by atoms with Gasteiger partial charge in [-0.2, -0.15) is 0 Å². The van der Waals surface area contributed by atoms with E-state index in [0.29, 0.717) is 23.0 Å². The number of ether oxygens (including phenoxy) is 1. The molecule has 1 atom stereocenters. The van der Waals surface area contributed by atoms with E-state index in [1.807, 2.05) is 20.8 Å². The van der Waals surface area contributed by atoms with E-state index in [1.165, 1.54) is 0 Å². The predicted octanol–water partition coefficient (Wildman–Crippen LogP) is 2.78. The molecule has 0 radical (unpaired) electrons. The number of carbonyl (C=O) groups excluding carboxylic acids is 1. The molecule has 0 saturated carbocycles. The molecule has 154 valence electrons. The van der Waals surface area contributed by atoms with Gasteiger partial charge in [-0.25, -0.2) is 13.2 Å². The fourth-order valence-corrected chi connectivity index (χ4v) is 3.56. The molecule has 0 saturated heterocycles. The van der Waals surface area contributed by atoms with E-state index in [4.69, 9.17) is 17.0 Å². The van der Waals surface area contributed by atoms with Crippen molar-refractivity contribution in [1.29, 1.82) is 0 Å². The summed E-state index contributed by atoms with van der Waals surface area (Å²) < 4.78 is 31.4. The molecule has 1 heterocycles. The second kappa shape index (κ2) is 8.91. The number of nitrogens with zero attached hydrogens (tertiary/aromatic N) is 1. The number of allylic oxidation sites excluding steroid dienone is 1. The molecule has 0 bridgehead atoms. The first-order chi connectivity index (χ1) is 13.1. The van der Waals surface area contributed by atoms with Crippen molar-refractivity contribution in [3.8, 4) is 0 Å². The van der Waals surface area contributed by atoms with Crippen LogP contribution >= 0.6 is 12.2 Å². The lowest BCUT2D eigenvalue weighted by atomic mass is 9.95. The number of esters is 1. The third-order valence-corrected chi connectivity index (χ3v) is 6.12. The van der Waals surface area contributed by atoms with Gasteiger partial charge in [-0.05, 0) is 49.7 Å². The summed E-state index contributed by atoms with van der Waals surface area (Å²) in [5.74, 6) is -0.175. The largest absolute Gasteiger partial charge is 0.462 e. The second-order valence-electron chi connectivity index (χ2n) is 7.06. The van der Waals surface area contributed by atoms with Crippen molar-refractivity contribution >= 4 is 39.0 Å². The van der Waals surface area contributed by atoms with Crippen LogP contribution in [0.5, 0.6) is 0 Å². The van der Waals surface area contributed by atoms with E-state index in [9.17, 15) is 13.2 Å². The van der Waals surface area contributed by atoms with E-state index in [2.05, 4.69) is 10.0 Å². The molecule has 0 aliphatic carbocycles. The Kier molecular flexibility index (Phi) is 7.06. The molecule has 0 aromatic heterocycles. The highest BCUT2D eigenvalue weighted by molar-refractivity contribution is 7.92. The molecule has 2 N–H and O–H groups in total. The summed E-state index contributed by atoms with van der Waals surface area (Å²) in [7, 11) is -1.56. The molecule has 0 amide bonds. The zero-order valence-electron chi connectivity index (χ0n) is 16.8. The maximum absolute atomic E-state index is 12.8. The van der Waals surface area contributed by atoms with Crippen LogP contribution in [0.3, 0.4) is 0 Å². The summed E-state index contributed by atoms with van der Waals surface area (Å²) in [6.45, 7) is 7.68. The summed E-state index contributed by atoms with van der Waals surface area (Å²) >= 11 is 5.38. The van der Waals surface area contributed by atoms with Crippen molar-refractivity contribution in [1.82, 2.24) is 10.2 Å². The van der Waals surface area contributed by atoms with Gasteiger partial charge in [0, 0.05) is 18.4 Å². The Balaban J connectivity index is 2.35. The molecule has 1 aromatic carbocycles. The predicted molar refractivity (Wildman–Crippen MR) is 114 cm³/mol. The number of rotatable bonds is 7. The third kappa shape index (κ3) is 5.23. The van der Waals surface area contributed by atoms with Crippen molar-refractivity contribution in [2.45, 2.75) is 33.7 Å². The highest BCUT2D eigenvalue weighted by Gasteiger charge is 2.33. The lowest BCUT2D eigenvalue weighted by molar-refractivity contribution is -0.140. The molecule has 1 aromatic rings. The van der Waals surface area contributed by atoms with Crippen molar-refractivity contribution in [2.24, 2.45) is 5.92 Å². The normalized spacial score (nSPS) is 17.6. The Morgan fingerprint density at radius 1 is 1.32 bits per heavy atom. The Bertz CT molecular complexity index is 877. The molecule has 1 unspecified atom stereocenters. The van der Waals surface area contributed by atoms with Crippen molar-refractivity contribution in [2.75, 3.05) is 24.1 Å². The average molecular weight is 426 g/mol. The maximum atomic E-state index is 12.8. The number of anilines is 1. The van der Waals surface area contributed by atoms with Gasteiger partial charge in [0.15, 0.2) is 5.11 Å². The van der Waals surface area contributed by atoms with Crippen LogP contribution in [0.4, 0.5) is 5.69 Å². The quantitative estimate of drug-likeness (QED) is 0.513. The highest BCUT2D eigenvalue weighted by Crippen LogP contribution is 2.31. The zero-order valence-corrected chi connectivity index (χ0v) is 18.4. The fraction of sp³-hybridized carbons (Fsp3) is 0.474. The summed E-state index contributed by atoms with van der Waals surface area (Å²) in [5, 5.41) is 3.67. The molecule has 2 rings (SSSR count). The fourth-order valence-electron chi connectivity index (χ4n) is 2.67. The lowest BCUT2D eigenvalue weighted by Gasteiger charge is -2.35. The molecule has 28 heavy (non-hydrogen) atoms. The van der Waals surface area contributed by atoms with Gasteiger partial charge < -0.3 is 15.0 Å². The molecular weight excluding hydrogens is 398 g/mol. The number of benzene rings is 1. The molecule has 1 aliphatic heterocycles. The summed E-state index contributed by atoms with van der Waals surface area (Å²) in [5.41, 5.74) is 2.45. The summed E-state index contributed by atoms with van der Waals surface area (Å²) in [4.78, 5) is 14.5. The zero-order chi connectivity index (χ0) is 21.1. The van der Waals surface area contributed by atoms with E-state index in [0.717, 1.165) is 11.3 Å². The highest BCUT2D eigenvalue weighted by atomic mass is 32.2. The summed E-state index contributed by atoms with van der Waals surface area (Å²) in [6, 6.07) is 6.39. The Labute approximate surface area is 172 Å². The molecule has 0 spiro atoms. The molecule has 9 heteroatoms. The van der Waals surface area contributed by atoms with Gasteiger partial charge in [-0.1, -0.05) is 26.0 Å². The monoisotopic (exact) mass is 425 g/mol. The van der Waals surface area contributed by atoms with E-state index < -0.39 is 22.0 Å². The molecule has 1 aliphatic rings. The van der Waals surface area contributed by atoms with Gasteiger partial charge in [-0.3, -0.25) is 4.72 Å². The number of thiocarbonyl (C=S) groups is 1. The van der Waals surface area contributed by atoms with E-state index in [1.54, 1.807) is 43.1 Å². The smallest absolute Gasteiger partial charge is 0.338 e. The van der Waals surface area contributed by atoms with Gasteiger partial charge in [0.2, 0.25) is 10.0 Å². The van der Waals surface area contributed by atoms with Crippen molar-refractivity contribution in [3.63, 3.8) is 0 Å². The van der Waals surface area contributed by atoms with Gasteiger partial charge in [0.1, 0.15) is 0 Å². The van der Waals surface area contributed by atoms with Crippen LogP contribution < -0.4 is 10.0 Å². The number of hydrogen-bond donors (Lipinski definition) is 2. The maximum Gasteiger partial charge on any atom is 0.338 e. The van der Waals surface area contributed by atoms with Gasteiger partial charge in [0.25, 0.3) is 0 Å². The molecule has 0 fully saturated rings. The van der Waals surface area contributed by atoms with Crippen LogP contribution in [-0.2, 0) is 19.6 Å². The minimum absolute atomic E-state index is 0.00664. The van der Waals surface area contributed by atoms with Crippen LogP contribution in [-0.4, -0.2) is 43.8 Å². The topological polar surface area (TPSA) is 87.7 Å². The Morgan fingerprint density at radius 3 is 2.46 bits per heavy atom. The average Bonchev–Trinajstić information content (AvgIpc) is 2.64. The number of nitrogens with one attached hydrogen (secondary N) is 2. The van der Waals surface area contributed by atoms with Crippen LogP contribution in [0.25, 0.3) is 0 Å². The molecule has 7 nitrogen and oxygen atoms in total. The lowest BCUT2D eigenvalue weighted by Crippen LogP contribution is -2.46. The Hall–Kier alpha value is -2.13. The van der Waals surface area contributed by atoms with Crippen LogP contribution in [0.2, 0.25) is 0 Å². The third-order valence-electron chi connectivity index (χ3n) is 4.42. The minimum atomic E-state index is -3.35. The van der Waals surface area contributed by atoms with Crippen molar-refractivity contribution in [3.05, 3.63) is 41.1 Å². The second-order valence-corrected chi connectivity index (χ2v) is 9.46. The van der Waals surface area contributed by atoms with Crippen molar-refractivity contribution < 1.29 is 17.9 Å². The minimum Gasteiger partial charge on any atom is -0.462 e. The van der Waals surface area contributed by atoms with Gasteiger partial charge in [-0.15, -0.1) is 0 Å². The first-order valence-corrected chi connectivity index (χ1v) is 11.1. The first kappa shape index (κ1) is 22.2. The number of sulfonamides is 1. The van der Waals surface area contributed by atoms with E-state index >= 15 is 0 Å². The molecular formula is C19H27N3O4S2. The number of carbonyl (C=O) groups is 1. The van der Waals surface area contributed by atoms with Gasteiger partial charge >= 0.3 is 5.97 Å². The van der Waals surface area contributed by atoms with Crippen LogP contribution in [0.15, 0.2) is 35.5 Å². The summed E-state index contributed by atoms with van der Waals surface area (Å²) in [6.07, 6.45) is 0. The van der Waals surface area contributed by atoms with Crippen LogP contribution in [0.1, 0.15) is 39.3 Å².